The molecule has 1 saturated heterocycles. The third kappa shape index (κ3) is 3.32. The van der Waals surface area contributed by atoms with Gasteiger partial charge >= 0.3 is 11.9 Å². The van der Waals surface area contributed by atoms with Gasteiger partial charge in [-0.2, -0.15) is 0 Å². The number of carbonyl (C=O) groups excluding carboxylic acids is 4. The van der Waals surface area contributed by atoms with Crippen LogP contribution in [0.15, 0.2) is 0 Å². The van der Waals surface area contributed by atoms with Crippen LogP contribution in [0, 0.1) is 56.2 Å². The molecule has 6 bridgehead atoms. The van der Waals surface area contributed by atoms with Gasteiger partial charge in [-0.25, -0.2) is 0 Å². The molecular weight excluding hydrogens is 640 g/mol. The predicted molar refractivity (Wildman–Crippen MR) is 177 cm³/mol. The highest BCUT2D eigenvalue weighted by Crippen LogP contribution is 2.78. The quantitative estimate of drug-likeness (QED) is 0.316. The summed E-state index contributed by atoms with van der Waals surface area (Å²) in [6.07, 6.45) is 9.27. The van der Waals surface area contributed by atoms with Crippen LogP contribution in [0.4, 0.5) is 0 Å². The van der Waals surface area contributed by atoms with Crippen LogP contribution in [0.3, 0.4) is 0 Å². The average molecular weight is 697 g/mol. The number of fused-ring (bicyclic) bond motifs is 4. The fraction of sp³-hybridized carbons (Fsp3) is 0.900. The summed E-state index contributed by atoms with van der Waals surface area (Å²) in [5, 5.41) is 45.9. The maximum absolute atomic E-state index is 14.9. The standard InChI is InChI=1S/C40H56O10/c1-31-11-5-12-32(2,24(31)9-15-35-19-23(7-8-25(31)35)38(47,21-41)27(35)42)29(44)49-22-39(48)28(43)36-16-10-26-33(3)13-6-14-40(26,50-30(33)45)34(36,4)17-18-37(39,46)20-36/h23-26,41,46-48H,5-22H2,1-4H3/t23-,24+,25+,26-,31-,32-,33-,34+,35-,36+,37+,38+,39-,40+/m1/s1. The van der Waals surface area contributed by atoms with E-state index < -0.39 is 74.4 Å². The maximum Gasteiger partial charge on any atom is 0.312 e. The average Bonchev–Trinajstić information content (AvgIpc) is 3.39. The van der Waals surface area contributed by atoms with Gasteiger partial charge in [0.2, 0.25) is 0 Å². The van der Waals surface area contributed by atoms with E-state index >= 15 is 0 Å². The smallest absolute Gasteiger partial charge is 0.312 e. The molecule has 9 fully saturated rings. The van der Waals surface area contributed by atoms with E-state index in [9.17, 15) is 39.6 Å². The minimum absolute atomic E-state index is 0.0143. The van der Waals surface area contributed by atoms with E-state index in [1.54, 1.807) is 0 Å². The van der Waals surface area contributed by atoms with Crippen LogP contribution in [0.2, 0.25) is 0 Å². The highest BCUT2D eigenvalue weighted by molar-refractivity contribution is 5.99. The molecule has 9 rings (SSSR count). The Morgan fingerprint density at radius 3 is 2.26 bits per heavy atom. The molecule has 10 heteroatoms. The van der Waals surface area contributed by atoms with Gasteiger partial charge in [0.05, 0.1) is 17.4 Å². The summed E-state index contributed by atoms with van der Waals surface area (Å²) in [5.41, 5.74) is -11.0. The maximum atomic E-state index is 14.9. The van der Waals surface area contributed by atoms with Gasteiger partial charge in [-0.1, -0.05) is 20.3 Å². The van der Waals surface area contributed by atoms with Crippen molar-refractivity contribution in [3.8, 4) is 0 Å². The topological polar surface area (TPSA) is 168 Å². The van der Waals surface area contributed by atoms with Gasteiger partial charge in [-0.3, -0.25) is 19.2 Å². The first-order valence-electron chi connectivity index (χ1n) is 19.6. The van der Waals surface area contributed by atoms with Gasteiger partial charge in [-0.15, -0.1) is 0 Å². The minimum Gasteiger partial charge on any atom is -0.462 e. The van der Waals surface area contributed by atoms with E-state index in [-0.39, 0.29) is 53.7 Å². The molecule has 0 unspecified atom stereocenters. The summed E-state index contributed by atoms with van der Waals surface area (Å²) in [5.74, 6) is -1.76. The Hall–Kier alpha value is -1.88. The number of esters is 2. The van der Waals surface area contributed by atoms with Crippen LogP contribution in [0.25, 0.3) is 0 Å². The zero-order chi connectivity index (χ0) is 35.8. The zero-order valence-corrected chi connectivity index (χ0v) is 30.3. The van der Waals surface area contributed by atoms with Crippen molar-refractivity contribution in [1.82, 2.24) is 0 Å². The predicted octanol–water partition coefficient (Wildman–Crippen LogP) is 3.96. The molecule has 8 aliphatic carbocycles. The second-order valence-corrected chi connectivity index (χ2v) is 20.0. The van der Waals surface area contributed by atoms with E-state index in [4.69, 9.17) is 9.47 Å². The van der Waals surface area contributed by atoms with Crippen LogP contribution in [-0.2, 0) is 28.7 Å². The number of aliphatic hydroxyl groups excluding tert-OH is 1. The summed E-state index contributed by atoms with van der Waals surface area (Å²) in [7, 11) is 0. The number of hydrogen-bond acceptors (Lipinski definition) is 10. The van der Waals surface area contributed by atoms with E-state index in [0.717, 1.165) is 32.1 Å². The largest absolute Gasteiger partial charge is 0.462 e. The molecule has 2 spiro atoms. The Kier molecular flexibility index (Phi) is 6.52. The van der Waals surface area contributed by atoms with Crippen molar-refractivity contribution in [3.63, 3.8) is 0 Å². The molecule has 0 radical (unpaired) electrons. The fourth-order valence-electron chi connectivity index (χ4n) is 16.1. The van der Waals surface area contributed by atoms with Gasteiger partial charge in [0.15, 0.2) is 17.2 Å². The van der Waals surface area contributed by atoms with Crippen LogP contribution >= 0.6 is 0 Å². The molecule has 50 heavy (non-hydrogen) atoms. The summed E-state index contributed by atoms with van der Waals surface area (Å²) in [6.45, 7) is 6.99. The Balaban J connectivity index is 0.990. The van der Waals surface area contributed by atoms with E-state index in [0.29, 0.717) is 57.8 Å². The van der Waals surface area contributed by atoms with Gasteiger partial charge in [0.25, 0.3) is 0 Å². The Bertz CT molecular complexity index is 1610. The zero-order valence-electron chi connectivity index (χ0n) is 30.3. The molecule has 14 atom stereocenters. The van der Waals surface area contributed by atoms with Crippen molar-refractivity contribution in [2.24, 2.45) is 56.2 Å². The highest BCUT2D eigenvalue weighted by atomic mass is 16.6. The summed E-state index contributed by atoms with van der Waals surface area (Å²) in [6, 6.07) is 0. The van der Waals surface area contributed by atoms with Crippen molar-refractivity contribution in [2.75, 3.05) is 13.2 Å². The SMILES string of the molecule is C[C@@]12CCC[C@@](C)(C(=O)OC[C@@]3(O)C(=O)[C@@]45CC[C@@H]6[C@@]7(C)CCC[C@@]6(OC7=O)[C@@]4(C)CC[C@]3(O)C5)[C@H]1CC[C@@]13C[C@@H](CC[C@H]12)[C@@](O)(CO)C3=O. The summed E-state index contributed by atoms with van der Waals surface area (Å²) in [4.78, 5) is 56.6. The first kappa shape index (κ1) is 33.9. The summed E-state index contributed by atoms with van der Waals surface area (Å²) >= 11 is 0. The number of rotatable bonds is 4. The van der Waals surface area contributed by atoms with Crippen LogP contribution in [0.5, 0.6) is 0 Å². The van der Waals surface area contributed by atoms with E-state index in [2.05, 4.69) is 6.92 Å². The van der Waals surface area contributed by atoms with Gasteiger partial charge < -0.3 is 29.9 Å². The molecule has 4 N–H and O–H groups in total. The van der Waals surface area contributed by atoms with Crippen LogP contribution in [0.1, 0.15) is 130 Å². The Labute approximate surface area is 294 Å². The Morgan fingerprint density at radius 2 is 1.52 bits per heavy atom. The molecule has 0 aromatic carbocycles. The molecule has 1 heterocycles. The minimum atomic E-state index is -2.28. The van der Waals surface area contributed by atoms with Crippen molar-refractivity contribution < 1.29 is 49.1 Å². The van der Waals surface area contributed by atoms with Gasteiger partial charge in [0, 0.05) is 22.2 Å². The number of carbonyl (C=O) groups is 4. The molecule has 0 amide bonds. The van der Waals surface area contributed by atoms with Gasteiger partial charge in [0.1, 0.15) is 23.4 Å². The molecule has 0 aromatic heterocycles. The van der Waals surface area contributed by atoms with E-state index in [1.807, 2.05) is 20.8 Å². The van der Waals surface area contributed by atoms with Crippen molar-refractivity contribution in [3.05, 3.63) is 0 Å². The monoisotopic (exact) mass is 696 g/mol. The normalized spacial score (nSPS) is 58.8. The van der Waals surface area contributed by atoms with Crippen molar-refractivity contribution >= 4 is 23.5 Å². The van der Waals surface area contributed by atoms with Crippen LogP contribution < -0.4 is 0 Å². The molecule has 10 nitrogen and oxygen atoms in total. The van der Waals surface area contributed by atoms with Gasteiger partial charge in [-0.05, 0) is 133 Å². The molecule has 0 aromatic rings. The lowest BCUT2D eigenvalue weighted by Gasteiger charge is -2.64. The van der Waals surface area contributed by atoms with Crippen molar-refractivity contribution in [2.45, 2.75) is 153 Å². The molecule has 9 aliphatic rings. The summed E-state index contributed by atoms with van der Waals surface area (Å²) < 4.78 is 12.5. The number of aliphatic hydroxyl groups is 4. The first-order chi connectivity index (χ1) is 23.3. The lowest BCUT2D eigenvalue weighted by Crippen LogP contribution is -2.67. The number of ketones is 2. The molecular formula is C40H56O10. The fourth-order valence-corrected chi connectivity index (χ4v) is 16.1. The number of Topliss-reactive ketones (excluding diaryl/α,β-unsaturated/α-hetero) is 2. The molecule has 1 aliphatic heterocycles. The van der Waals surface area contributed by atoms with Crippen molar-refractivity contribution in [1.29, 1.82) is 0 Å². The second kappa shape index (κ2) is 9.61. The number of hydrogen-bond donors (Lipinski definition) is 4. The molecule has 8 saturated carbocycles. The third-order valence-corrected chi connectivity index (χ3v) is 18.8. The lowest BCUT2D eigenvalue weighted by atomic mass is 9.39. The third-order valence-electron chi connectivity index (χ3n) is 18.8. The highest BCUT2D eigenvalue weighted by Gasteiger charge is 2.85. The lowest BCUT2D eigenvalue weighted by molar-refractivity contribution is -0.234. The first-order valence-corrected chi connectivity index (χ1v) is 19.6. The van der Waals surface area contributed by atoms with Crippen LogP contribution in [-0.4, -0.2) is 79.5 Å². The Morgan fingerprint density at radius 1 is 0.800 bits per heavy atom. The van der Waals surface area contributed by atoms with E-state index in [1.165, 1.54) is 0 Å². The molecule has 276 valence electrons. The number of ether oxygens (including phenoxy) is 2. The second-order valence-electron chi connectivity index (χ2n) is 20.0.